The van der Waals surface area contributed by atoms with Crippen LogP contribution in [0.25, 0.3) is 0 Å². The molecule has 1 aliphatic rings. The first-order chi connectivity index (χ1) is 14.0. The molecule has 2 aromatic carbocycles. The van der Waals surface area contributed by atoms with Crippen LogP contribution in [0.15, 0.2) is 60.7 Å². The number of likely N-dealkylation sites (tertiary alicyclic amines) is 1. The molecular weight excluding hydrogens is 358 g/mol. The summed E-state index contributed by atoms with van der Waals surface area (Å²) in [7, 11) is 4.30. The number of nitrogens with two attached hydrogens (primary N) is 1. The Hall–Kier alpha value is -2.17. The number of benzene rings is 2. The quantitative estimate of drug-likeness (QED) is 0.778. The highest BCUT2D eigenvalue weighted by atomic mass is 16.2. The van der Waals surface area contributed by atoms with Crippen molar-refractivity contribution in [3.8, 4) is 0 Å². The number of hydrogen-bond donors (Lipinski definition) is 1. The van der Waals surface area contributed by atoms with Crippen LogP contribution < -0.4 is 5.73 Å². The average molecular weight is 394 g/mol. The van der Waals surface area contributed by atoms with E-state index < -0.39 is 0 Å². The summed E-state index contributed by atoms with van der Waals surface area (Å²) in [5.74, 6) is 0.220. The number of carbonyl (C=O) groups is 1. The second-order valence-electron chi connectivity index (χ2n) is 8.38. The minimum absolute atomic E-state index is 0.0140. The molecule has 1 amide bonds. The lowest BCUT2D eigenvalue weighted by Crippen LogP contribution is -2.53. The largest absolute Gasteiger partial charge is 0.342 e. The third-order valence-corrected chi connectivity index (χ3v) is 6.79. The number of hydrogen-bond acceptors (Lipinski definition) is 3. The number of carbonyl (C=O) groups excluding carboxylic acids is 1. The van der Waals surface area contributed by atoms with Crippen LogP contribution in [0.1, 0.15) is 43.2 Å². The molecule has 1 fully saturated rings. The maximum absolute atomic E-state index is 13.5. The van der Waals surface area contributed by atoms with Crippen molar-refractivity contribution in [3.05, 3.63) is 71.8 Å². The molecule has 2 atom stereocenters. The Labute approximate surface area is 175 Å². The molecule has 1 saturated heterocycles. The van der Waals surface area contributed by atoms with E-state index in [0.717, 1.165) is 32.4 Å². The molecule has 1 heterocycles. The van der Waals surface area contributed by atoms with Crippen LogP contribution in [0.4, 0.5) is 0 Å². The lowest BCUT2D eigenvalue weighted by atomic mass is 9.78. The van der Waals surface area contributed by atoms with Gasteiger partial charge in [-0.05, 0) is 50.4 Å². The molecule has 2 N–H and O–H groups in total. The smallest absolute Gasteiger partial charge is 0.227 e. The molecule has 4 nitrogen and oxygen atoms in total. The summed E-state index contributed by atoms with van der Waals surface area (Å²) in [5, 5.41) is 0. The molecule has 0 saturated carbocycles. The maximum atomic E-state index is 13.5. The SMILES string of the molecule is CC[C@@H](c1ccccc1)[C@@H](CN)C(=O)N1CCC(c2ccccc2)(N(C)C)CC1. The molecule has 1 aliphatic heterocycles. The second-order valence-corrected chi connectivity index (χ2v) is 8.38. The standard InChI is InChI=1S/C25H35N3O/c1-4-22(20-11-7-5-8-12-20)23(19-26)24(29)28-17-15-25(16-18-28,27(2)3)21-13-9-6-10-14-21/h5-14,22-23H,4,15-19,26H2,1-3H3/t22-,23+/m0/s1. The minimum atomic E-state index is -0.161. The lowest BCUT2D eigenvalue weighted by molar-refractivity contribution is -0.138. The predicted octanol–water partition coefficient (Wildman–Crippen LogP) is 3.83. The topological polar surface area (TPSA) is 49.6 Å². The Morgan fingerprint density at radius 2 is 1.59 bits per heavy atom. The average Bonchev–Trinajstić information content (AvgIpc) is 2.78. The van der Waals surface area contributed by atoms with Gasteiger partial charge in [0.15, 0.2) is 0 Å². The molecule has 2 aromatic rings. The number of amides is 1. The molecule has 0 spiro atoms. The van der Waals surface area contributed by atoms with E-state index in [-0.39, 0.29) is 23.3 Å². The van der Waals surface area contributed by atoms with Gasteiger partial charge < -0.3 is 10.6 Å². The maximum Gasteiger partial charge on any atom is 0.227 e. The Morgan fingerprint density at radius 3 is 2.07 bits per heavy atom. The van der Waals surface area contributed by atoms with Gasteiger partial charge in [-0.1, -0.05) is 67.6 Å². The first-order valence-electron chi connectivity index (χ1n) is 10.8. The summed E-state index contributed by atoms with van der Waals surface area (Å²) >= 11 is 0. The van der Waals surface area contributed by atoms with Gasteiger partial charge in [-0.3, -0.25) is 9.69 Å². The van der Waals surface area contributed by atoms with Gasteiger partial charge in [-0.15, -0.1) is 0 Å². The fourth-order valence-electron chi connectivity index (χ4n) is 4.96. The van der Waals surface area contributed by atoms with E-state index in [1.807, 2.05) is 23.1 Å². The highest BCUT2D eigenvalue weighted by molar-refractivity contribution is 5.80. The number of piperidine rings is 1. The van der Waals surface area contributed by atoms with E-state index in [1.165, 1.54) is 11.1 Å². The van der Waals surface area contributed by atoms with Crippen molar-refractivity contribution in [2.75, 3.05) is 33.7 Å². The van der Waals surface area contributed by atoms with Crippen molar-refractivity contribution >= 4 is 5.91 Å². The normalized spacial score (nSPS) is 18.4. The third kappa shape index (κ3) is 4.39. The van der Waals surface area contributed by atoms with E-state index in [2.05, 4.69) is 68.4 Å². The zero-order valence-electron chi connectivity index (χ0n) is 18.1. The molecule has 156 valence electrons. The van der Waals surface area contributed by atoms with Crippen LogP contribution in [-0.2, 0) is 10.3 Å². The third-order valence-electron chi connectivity index (χ3n) is 6.79. The molecule has 29 heavy (non-hydrogen) atoms. The van der Waals surface area contributed by atoms with Crippen LogP contribution in [0.2, 0.25) is 0 Å². The molecule has 0 radical (unpaired) electrons. The van der Waals surface area contributed by atoms with Crippen molar-refractivity contribution < 1.29 is 4.79 Å². The van der Waals surface area contributed by atoms with Gasteiger partial charge in [0.1, 0.15) is 0 Å². The van der Waals surface area contributed by atoms with Crippen molar-refractivity contribution in [1.82, 2.24) is 9.80 Å². The van der Waals surface area contributed by atoms with Gasteiger partial charge in [-0.25, -0.2) is 0 Å². The second kappa shape index (κ2) is 9.55. The predicted molar refractivity (Wildman–Crippen MR) is 120 cm³/mol. The molecule has 0 aromatic heterocycles. The summed E-state index contributed by atoms with van der Waals surface area (Å²) in [4.78, 5) is 17.8. The summed E-state index contributed by atoms with van der Waals surface area (Å²) in [6, 6.07) is 21.0. The molecule has 3 rings (SSSR count). The van der Waals surface area contributed by atoms with Gasteiger partial charge in [0.05, 0.1) is 5.92 Å². The summed E-state index contributed by atoms with van der Waals surface area (Å²) in [6.45, 7) is 4.08. The Bertz CT molecular complexity index is 767. The lowest BCUT2D eigenvalue weighted by Gasteiger charge is -2.47. The van der Waals surface area contributed by atoms with Gasteiger partial charge in [0.2, 0.25) is 5.91 Å². The van der Waals surface area contributed by atoms with Crippen LogP contribution in [0, 0.1) is 5.92 Å². The van der Waals surface area contributed by atoms with Gasteiger partial charge in [0.25, 0.3) is 0 Å². The minimum Gasteiger partial charge on any atom is -0.342 e. The van der Waals surface area contributed by atoms with Crippen molar-refractivity contribution in [1.29, 1.82) is 0 Å². The summed E-state index contributed by atoms with van der Waals surface area (Å²) in [5.41, 5.74) is 8.66. The van der Waals surface area contributed by atoms with Crippen LogP contribution in [0.3, 0.4) is 0 Å². The molecule has 0 bridgehead atoms. The van der Waals surface area contributed by atoms with Gasteiger partial charge >= 0.3 is 0 Å². The highest BCUT2D eigenvalue weighted by Crippen LogP contribution is 2.38. The molecule has 0 unspecified atom stereocenters. The summed E-state index contributed by atoms with van der Waals surface area (Å²) < 4.78 is 0. The van der Waals surface area contributed by atoms with E-state index in [4.69, 9.17) is 5.73 Å². The van der Waals surface area contributed by atoms with Crippen LogP contribution in [0.5, 0.6) is 0 Å². The van der Waals surface area contributed by atoms with E-state index >= 15 is 0 Å². The fourth-order valence-corrected chi connectivity index (χ4v) is 4.96. The zero-order chi connectivity index (χ0) is 20.9. The van der Waals surface area contributed by atoms with Crippen LogP contribution in [-0.4, -0.2) is 49.4 Å². The van der Waals surface area contributed by atoms with Crippen LogP contribution >= 0.6 is 0 Å². The Morgan fingerprint density at radius 1 is 1.03 bits per heavy atom. The van der Waals surface area contributed by atoms with E-state index in [9.17, 15) is 4.79 Å². The first kappa shape index (κ1) is 21.5. The van der Waals surface area contributed by atoms with E-state index in [0.29, 0.717) is 6.54 Å². The monoisotopic (exact) mass is 393 g/mol. The van der Waals surface area contributed by atoms with Crippen molar-refractivity contribution in [2.45, 2.75) is 37.6 Å². The Kier molecular flexibility index (Phi) is 7.09. The molecule has 4 heteroatoms. The van der Waals surface area contributed by atoms with Crippen molar-refractivity contribution in [2.24, 2.45) is 11.7 Å². The Balaban J connectivity index is 1.76. The number of rotatable bonds is 7. The highest BCUT2D eigenvalue weighted by Gasteiger charge is 2.41. The van der Waals surface area contributed by atoms with E-state index in [1.54, 1.807) is 0 Å². The summed E-state index contributed by atoms with van der Waals surface area (Å²) in [6.07, 6.45) is 2.79. The fraction of sp³-hybridized carbons (Fsp3) is 0.480. The molecule has 0 aliphatic carbocycles. The first-order valence-corrected chi connectivity index (χ1v) is 10.8. The zero-order valence-corrected chi connectivity index (χ0v) is 18.1. The van der Waals surface area contributed by atoms with Gasteiger partial charge in [0, 0.05) is 25.2 Å². The molecular formula is C25H35N3O. The van der Waals surface area contributed by atoms with Crippen molar-refractivity contribution in [3.63, 3.8) is 0 Å². The van der Waals surface area contributed by atoms with Gasteiger partial charge in [-0.2, -0.15) is 0 Å². The number of nitrogens with zero attached hydrogens (tertiary/aromatic N) is 2.